The molecule has 3 aromatic rings. The van der Waals surface area contributed by atoms with Crippen LogP contribution in [0.15, 0.2) is 61.2 Å². The first kappa shape index (κ1) is 19.3. The molecule has 0 amide bonds. The number of hydrogen-bond donors (Lipinski definition) is 1. The molecule has 0 atom stereocenters. The average molecular weight is 403 g/mol. The summed E-state index contributed by atoms with van der Waals surface area (Å²) in [5, 5.41) is 3.39. The second-order valence-electron chi connectivity index (χ2n) is 5.90. The van der Waals surface area contributed by atoms with Crippen molar-refractivity contribution in [3.05, 3.63) is 77.5 Å². The Bertz CT molecular complexity index is 1030. The van der Waals surface area contributed by atoms with Crippen LogP contribution in [0.3, 0.4) is 0 Å². The topological polar surface area (TPSA) is 76.9 Å². The molecule has 3 rings (SSSR count). The van der Waals surface area contributed by atoms with Crippen molar-refractivity contribution in [2.45, 2.75) is 6.54 Å². The molecule has 0 bridgehead atoms. The molecule has 8 heteroatoms. The largest absolute Gasteiger partial charge is 0.316 e. The summed E-state index contributed by atoms with van der Waals surface area (Å²) in [5.74, 6) is -0.135. The fourth-order valence-corrected chi connectivity index (χ4v) is 3.99. The van der Waals surface area contributed by atoms with Crippen molar-refractivity contribution in [2.24, 2.45) is 0 Å². The maximum atomic E-state index is 12.9. The van der Waals surface area contributed by atoms with Gasteiger partial charge in [0.2, 0.25) is 10.0 Å². The monoisotopic (exact) mass is 402 g/mol. The third-order valence-corrected chi connectivity index (χ3v) is 5.59. The molecule has 3 heterocycles. The summed E-state index contributed by atoms with van der Waals surface area (Å²) in [6.07, 6.45) is 9.91. The van der Waals surface area contributed by atoms with Gasteiger partial charge in [0.25, 0.3) is 0 Å². The molecular formula is C19H19ClN4O2S. The zero-order valence-corrected chi connectivity index (χ0v) is 16.3. The summed E-state index contributed by atoms with van der Waals surface area (Å²) in [4.78, 5) is 8.07. The van der Waals surface area contributed by atoms with E-state index in [9.17, 15) is 8.42 Å². The predicted octanol–water partition coefficient (Wildman–Crippen LogP) is 3.21. The molecular weight excluding hydrogens is 384 g/mol. The van der Waals surface area contributed by atoms with Gasteiger partial charge in [-0.05, 0) is 42.4 Å². The maximum Gasteiger partial charge on any atom is 0.242 e. The van der Waals surface area contributed by atoms with Gasteiger partial charge < -0.3 is 5.32 Å². The van der Waals surface area contributed by atoms with Crippen molar-refractivity contribution in [1.82, 2.24) is 19.3 Å². The molecule has 6 nitrogen and oxygen atoms in total. The Balaban J connectivity index is 1.93. The van der Waals surface area contributed by atoms with E-state index in [-0.39, 0.29) is 5.75 Å². The van der Waals surface area contributed by atoms with Crippen LogP contribution >= 0.6 is 11.6 Å². The molecule has 0 fully saturated rings. The van der Waals surface area contributed by atoms with Crippen molar-refractivity contribution >= 4 is 27.7 Å². The van der Waals surface area contributed by atoms with Crippen LogP contribution in [0.2, 0.25) is 5.15 Å². The first-order valence-electron chi connectivity index (χ1n) is 8.27. The second-order valence-corrected chi connectivity index (χ2v) is 8.17. The summed E-state index contributed by atoms with van der Waals surface area (Å²) in [6.45, 7) is 0.558. The van der Waals surface area contributed by atoms with E-state index in [1.165, 1.54) is 3.97 Å². The Hall–Kier alpha value is -2.48. The fourth-order valence-electron chi connectivity index (χ4n) is 2.63. The number of pyridine rings is 2. The first-order valence-corrected chi connectivity index (χ1v) is 10.3. The van der Waals surface area contributed by atoms with Crippen molar-refractivity contribution in [1.29, 1.82) is 0 Å². The van der Waals surface area contributed by atoms with Gasteiger partial charge in [-0.3, -0.25) is 4.98 Å². The zero-order valence-electron chi connectivity index (χ0n) is 14.7. The third-order valence-electron chi connectivity index (χ3n) is 3.85. The van der Waals surface area contributed by atoms with Gasteiger partial charge in [0.05, 0.1) is 11.4 Å². The molecule has 0 radical (unpaired) electrons. The van der Waals surface area contributed by atoms with Crippen LogP contribution in [0.25, 0.3) is 17.3 Å². The van der Waals surface area contributed by atoms with Gasteiger partial charge in [0, 0.05) is 36.9 Å². The number of rotatable bonds is 7. The molecule has 0 saturated heterocycles. The van der Waals surface area contributed by atoms with Crippen LogP contribution in [0.1, 0.15) is 11.1 Å². The SMILES string of the molecule is CNCc1cc(-c2ccc(Cl)nc2)n(S(=O)(=O)CC=Cc2cccnc2)c1. The van der Waals surface area contributed by atoms with Crippen LogP contribution in [-0.2, 0) is 16.6 Å². The number of aromatic nitrogens is 3. The summed E-state index contributed by atoms with van der Waals surface area (Å²) in [5.41, 5.74) is 2.95. The third kappa shape index (κ3) is 4.82. The average Bonchev–Trinajstić information content (AvgIpc) is 3.08. The van der Waals surface area contributed by atoms with E-state index in [1.54, 1.807) is 55.1 Å². The highest BCUT2D eigenvalue weighted by atomic mass is 35.5. The Morgan fingerprint density at radius 1 is 1.26 bits per heavy atom. The predicted molar refractivity (Wildman–Crippen MR) is 108 cm³/mol. The molecule has 0 aliphatic carbocycles. The molecule has 3 aromatic heterocycles. The lowest BCUT2D eigenvalue weighted by Gasteiger charge is -2.09. The van der Waals surface area contributed by atoms with Gasteiger partial charge in [0.1, 0.15) is 5.15 Å². The molecule has 1 N–H and O–H groups in total. The highest BCUT2D eigenvalue weighted by molar-refractivity contribution is 7.90. The highest BCUT2D eigenvalue weighted by Crippen LogP contribution is 2.25. The molecule has 0 aliphatic heterocycles. The van der Waals surface area contributed by atoms with E-state index >= 15 is 0 Å². The molecule has 0 spiro atoms. The first-order chi connectivity index (χ1) is 13.0. The molecule has 0 unspecified atom stereocenters. The van der Waals surface area contributed by atoms with Crippen LogP contribution in [0, 0.1) is 0 Å². The number of nitrogens with one attached hydrogen (secondary N) is 1. The lowest BCUT2D eigenvalue weighted by molar-refractivity contribution is 0.591. The zero-order chi connectivity index (χ0) is 19.3. The van der Waals surface area contributed by atoms with Crippen LogP contribution in [0.4, 0.5) is 0 Å². The maximum absolute atomic E-state index is 12.9. The Morgan fingerprint density at radius 2 is 2.11 bits per heavy atom. The van der Waals surface area contributed by atoms with Crippen LogP contribution < -0.4 is 5.32 Å². The number of halogens is 1. The highest BCUT2D eigenvalue weighted by Gasteiger charge is 2.18. The summed E-state index contributed by atoms with van der Waals surface area (Å²) in [7, 11) is -1.78. The van der Waals surface area contributed by atoms with Gasteiger partial charge >= 0.3 is 0 Å². The standard InChI is InChI=1S/C19H19ClN4O2S/c1-21-11-16-10-18(17-6-7-19(20)23-13-17)24(14-16)27(25,26)9-3-5-15-4-2-8-22-12-15/h2-8,10,12-14,21H,9,11H2,1H3. The van der Waals surface area contributed by atoms with Gasteiger partial charge in [-0.15, -0.1) is 0 Å². The lowest BCUT2D eigenvalue weighted by Crippen LogP contribution is -2.15. The lowest BCUT2D eigenvalue weighted by atomic mass is 10.2. The van der Waals surface area contributed by atoms with E-state index in [0.717, 1.165) is 11.1 Å². The van der Waals surface area contributed by atoms with Crippen molar-refractivity contribution in [3.8, 4) is 11.3 Å². The summed E-state index contributed by atoms with van der Waals surface area (Å²) in [6, 6.07) is 8.90. The Morgan fingerprint density at radius 3 is 2.78 bits per heavy atom. The van der Waals surface area contributed by atoms with E-state index in [1.807, 2.05) is 19.2 Å². The molecule has 140 valence electrons. The molecule has 0 aliphatic rings. The van der Waals surface area contributed by atoms with Gasteiger partial charge in [-0.1, -0.05) is 29.8 Å². The fraction of sp³-hybridized carbons (Fsp3) is 0.158. The van der Waals surface area contributed by atoms with E-state index in [2.05, 4.69) is 15.3 Å². The molecule has 0 saturated carbocycles. The van der Waals surface area contributed by atoms with Crippen molar-refractivity contribution in [3.63, 3.8) is 0 Å². The van der Waals surface area contributed by atoms with E-state index in [0.29, 0.717) is 23.0 Å². The minimum Gasteiger partial charge on any atom is -0.316 e. The minimum atomic E-state index is -3.60. The quantitative estimate of drug-likeness (QED) is 0.614. The number of hydrogen-bond acceptors (Lipinski definition) is 5. The van der Waals surface area contributed by atoms with E-state index < -0.39 is 10.0 Å². The van der Waals surface area contributed by atoms with E-state index in [4.69, 9.17) is 11.6 Å². The van der Waals surface area contributed by atoms with Crippen LogP contribution in [0.5, 0.6) is 0 Å². The minimum absolute atomic E-state index is 0.135. The summed E-state index contributed by atoms with van der Waals surface area (Å²) >= 11 is 5.85. The van der Waals surface area contributed by atoms with Crippen molar-refractivity contribution < 1.29 is 8.42 Å². The molecule has 27 heavy (non-hydrogen) atoms. The Labute approximate surface area is 163 Å². The summed E-state index contributed by atoms with van der Waals surface area (Å²) < 4.78 is 27.2. The van der Waals surface area contributed by atoms with Gasteiger partial charge in [-0.2, -0.15) is 0 Å². The smallest absolute Gasteiger partial charge is 0.242 e. The van der Waals surface area contributed by atoms with Gasteiger partial charge in [-0.25, -0.2) is 17.4 Å². The van der Waals surface area contributed by atoms with Gasteiger partial charge in [0.15, 0.2) is 0 Å². The van der Waals surface area contributed by atoms with Crippen LogP contribution in [-0.4, -0.2) is 35.2 Å². The Kier molecular flexibility index (Phi) is 6.05. The second kappa shape index (κ2) is 8.47. The normalized spacial score (nSPS) is 11.9. The number of nitrogens with zero attached hydrogens (tertiary/aromatic N) is 3. The molecule has 0 aromatic carbocycles. The van der Waals surface area contributed by atoms with Crippen molar-refractivity contribution in [2.75, 3.05) is 12.8 Å².